The molecule has 0 unspecified atom stereocenters. The molecule has 160 valence electrons. The minimum atomic E-state index is -0.505. The van der Waals surface area contributed by atoms with Crippen LogP contribution in [0.1, 0.15) is 24.4 Å². The van der Waals surface area contributed by atoms with Gasteiger partial charge in [-0.05, 0) is 66.8 Å². The van der Waals surface area contributed by atoms with Crippen molar-refractivity contribution in [2.45, 2.75) is 13.8 Å². The van der Waals surface area contributed by atoms with Crippen LogP contribution >= 0.6 is 35.4 Å². The van der Waals surface area contributed by atoms with Crippen molar-refractivity contribution in [3.8, 4) is 11.3 Å². The maximum atomic E-state index is 12.4. The van der Waals surface area contributed by atoms with Crippen molar-refractivity contribution in [3.63, 3.8) is 0 Å². The standard InChI is InChI=1S/C22H19Cl2N3O3S/c1-12(2)20(28)25-14-4-6-15(7-5-14)26-22(31)27-21(29)19-10-9-18(30-19)16-8-3-13(23)11-17(16)24/h3-12H,1-2H3,(H,25,28)(H2,26,27,29,31). The van der Waals surface area contributed by atoms with Crippen molar-refractivity contribution in [2.75, 3.05) is 10.6 Å². The van der Waals surface area contributed by atoms with E-state index >= 15 is 0 Å². The van der Waals surface area contributed by atoms with Gasteiger partial charge < -0.3 is 15.1 Å². The lowest BCUT2D eigenvalue weighted by atomic mass is 10.2. The number of rotatable bonds is 5. The summed E-state index contributed by atoms with van der Waals surface area (Å²) in [6.07, 6.45) is 0. The van der Waals surface area contributed by atoms with Crippen LogP contribution in [-0.4, -0.2) is 16.9 Å². The molecule has 0 radical (unpaired) electrons. The van der Waals surface area contributed by atoms with E-state index in [1.807, 2.05) is 13.8 Å². The fraction of sp³-hybridized carbons (Fsp3) is 0.136. The molecule has 3 aromatic rings. The monoisotopic (exact) mass is 475 g/mol. The molecule has 3 rings (SSSR count). The minimum Gasteiger partial charge on any atom is -0.451 e. The number of nitrogens with one attached hydrogen (secondary N) is 3. The van der Waals surface area contributed by atoms with Crippen molar-refractivity contribution in [1.29, 1.82) is 0 Å². The van der Waals surface area contributed by atoms with Crippen molar-refractivity contribution in [3.05, 3.63) is 70.4 Å². The third kappa shape index (κ3) is 6.07. The lowest BCUT2D eigenvalue weighted by molar-refractivity contribution is -0.118. The average Bonchev–Trinajstić information content (AvgIpc) is 3.19. The Labute approximate surface area is 194 Å². The van der Waals surface area contributed by atoms with Gasteiger partial charge in [0.2, 0.25) is 5.91 Å². The Morgan fingerprint density at radius 2 is 1.58 bits per heavy atom. The molecule has 31 heavy (non-hydrogen) atoms. The number of halogens is 2. The molecular formula is C22H19Cl2N3O3S. The third-order valence-electron chi connectivity index (χ3n) is 4.19. The number of amides is 2. The fourth-order valence-corrected chi connectivity index (χ4v) is 3.26. The zero-order valence-corrected chi connectivity index (χ0v) is 19.0. The molecule has 3 N–H and O–H groups in total. The number of carbonyl (C=O) groups is 2. The molecule has 6 nitrogen and oxygen atoms in total. The first-order chi connectivity index (χ1) is 14.7. The molecule has 0 saturated heterocycles. The molecule has 0 aliphatic carbocycles. The quantitative estimate of drug-likeness (QED) is 0.395. The van der Waals surface area contributed by atoms with Crippen LogP contribution in [0.25, 0.3) is 11.3 Å². The fourth-order valence-electron chi connectivity index (χ4n) is 2.54. The molecule has 0 atom stereocenters. The Bertz CT molecular complexity index is 1130. The third-order valence-corrected chi connectivity index (χ3v) is 4.94. The highest BCUT2D eigenvalue weighted by Gasteiger charge is 2.15. The van der Waals surface area contributed by atoms with Crippen molar-refractivity contribution < 1.29 is 14.0 Å². The summed E-state index contributed by atoms with van der Waals surface area (Å²) >= 11 is 17.3. The second kappa shape index (κ2) is 9.96. The van der Waals surface area contributed by atoms with Gasteiger partial charge in [-0.2, -0.15) is 0 Å². The van der Waals surface area contributed by atoms with E-state index in [0.29, 0.717) is 32.7 Å². The van der Waals surface area contributed by atoms with Crippen LogP contribution in [0.4, 0.5) is 11.4 Å². The maximum absolute atomic E-state index is 12.4. The van der Waals surface area contributed by atoms with Gasteiger partial charge in [-0.15, -0.1) is 0 Å². The first kappa shape index (κ1) is 22.8. The number of furan rings is 1. The SMILES string of the molecule is CC(C)C(=O)Nc1ccc(NC(=S)NC(=O)c2ccc(-c3ccc(Cl)cc3Cl)o2)cc1. The highest BCUT2D eigenvalue weighted by molar-refractivity contribution is 7.80. The topological polar surface area (TPSA) is 83.4 Å². The predicted octanol–water partition coefficient (Wildman–Crippen LogP) is 5.97. The molecule has 0 bridgehead atoms. The van der Waals surface area contributed by atoms with Gasteiger partial charge in [0.15, 0.2) is 10.9 Å². The molecule has 1 aromatic heterocycles. The Kier molecular flexibility index (Phi) is 7.33. The lowest BCUT2D eigenvalue weighted by Gasteiger charge is -2.11. The Hall–Kier alpha value is -2.87. The van der Waals surface area contributed by atoms with E-state index < -0.39 is 5.91 Å². The molecule has 2 aromatic carbocycles. The molecular weight excluding hydrogens is 457 g/mol. The summed E-state index contributed by atoms with van der Waals surface area (Å²) in [7, 11) is 0. The van der Waals surface area contributed by atoms with E-state index in [1.165, 1.54) is 6.07 Å². The van der Waals surface area contributed by atoms with Crippen LogP contribution < -0.4 is 16.0 Å². The molecule has 1 heterocycles. The average molecular weight is 476 g/mol. The van der Waals surface area contributed by atoms with Crippen molar-refractivity contribution in [2.24, 2.45) is 5.92 Å². The Morgan fingerprint density at radius 3 is 2.19 bits per heavy atom. The van der Waals surface area contributed by atoms with Crippen LogP contribution in [-0.2, 0) is 4.79 Å². The summed E-state index contributed by atoms with van der Waals surface area (Å²) in [6, 6.07) is 15.1. The van der Waals surface area contributed by atoms with Crippen molar-refractivity contribution >= 4 is 63.7 Å². The van der Waals surface area contributed by atoms with Gasteiger partial charge in [-0.1, -0.05) is 37.0 Å². The number of hydrogen-bond acceptors (Lipinski definition) is 4. The molecule has 0 fully saturated rings. The van der Waals surface area contributed by atoms with Gasteiger partial charge in [0.05, 0.1) is 5.02 Å². The molecule has 0 aliphatic heterocycles. The first-order valence-corrected chi connectivity index (χ1v) is 10.5. The summed E-state index contributed by atoms with van der Waals surface area (Å²) in [6.45, 7) is 3.64. The number of anilines is 2. The summed E-state index contributed by atoms with van der Waals surface area (Å²) in [5, 5.41) is 9.29. The number of hydrogen-bond donors (Lipinski definition) is 3. The molecule has 0 spiro atoms. The zero-order valence-electron chi connectivity index (χ0n) is 16.7. The van der Waals surface area contributed by atoms with E-state index in [2.05, 4.69) is 16.0 Å². The number of thiocarbonyl (C=S) groups is 1. The van der Waals surface area contributed by atoms with E-state index in [9.17, 15) is 9.59 Å². The maximum Gasteiger partial charge on any atom is 0.293 e. The van der Waals surface area contributed by atoms with Crippen LogP contribution in [0.5, 0.6) is 0 Å². The Balaban J connectivity index is 1.59. The molecule has 0 aliphatic rings. The second-order valence-corrected chi connectivity index (χ2v) is 8.17. The van der Waals surface area contributed by atoms with Crippen LogP contribution in [0.2, 0.25) is 10.0 Å². The van der Waals surface area contributed by atoms with Crippen LogP contribution in [0, 0.1) is 5.92 Å². The van der Waals surface area contributed by atoms with E-state index in [0.717, 1.165) is 0 Å². The zero-order chi connectivity index (χ0) is 22.5. The lowest BCUT2D eigenvalue weighted by Crippen LogP contribution is -2.33. The van der Waals surface area contributed by atoms with Gasteiger partial charge in [0.1, 0.15) is 5.76 Å². The summed E-state index contributed by atoms with van der Waals surface area (Å²) in [4.78, 5) is 24.2. The van der Waals surface area contributed by atoms with Gasteiger partial charge in [0, 0.05) is 27.9 Å². The minimum absolute atomic E-state index is 0.0683. The second-order valence-electron chi connectivity index (χ2n) is 6.92. The van der Waals surface area contributed by atoms with Gasteiger partial charge in [-0.3, -0.25) is 14.9 Å². The summed E-state index contributed by atoms with van der Waals surface area (Å²) < 4.78 is 5.61. The highest BCUT2D eigenvalue weighted by atomic mass is 35.5. The smallest absolute Gasteiger partial charge is 0.293 e. The van der Waals surface area contributed by atoms with E-state index in [4.69, 9.17) is 39.8 Å². The largest absolute Gasteiger partial charge is 0.451 e. The number of carbonyl (C=O) groups excluding carboxylic acids is 2. The van der Waals surface area contributed by atoms with Crippen molar-refractivity contribution in [1.82, 2.24) is 5.32 Å². The van der Waals surface area contributed by atoms with Gasteiger partial charge >= 0.3 is 0 Å². The van der Waals surface area contributed by atoms with Crippen LogP contribution in [0.15, 0.2) is 59.0 Å². The Morgan fingerprint density at radius 1 is 0.935 bits per heavy atom. The number of benzene rings is 2. The van der Waals surface area contributed by atoms with E-state index in [1.54, 1.807) is 48.5 Å². The molecule has 0 saturated carbocycles. The summed E-state index contributed by atoms with van der Waals surface area (Å²) in [5.74, 6) is -0.170. The molecule has 9 heteroatoms. The predicted molar refractivity (Wildman–Crippen MR) is 128 cm³/mol. The van der Waals surface area contributed by atoms with Crippen LogP contribution in [0.3, 0.4) is 0 Å². The summed E-state index contributed by atoms with van der Waals surface area (Å²) in [5.41, 5.74) is 1.94. The van der Waals surface area contributed by atoms with E-state index in [-0.39, 0.29) is 22.7 Å². The normalized spacial score (nSPS) is 10.6. The van der Waals surface area contributed by atoms with Gasteiger partial charge in [-0.25, -0.2) is 0 Å². The van der Waals surface area contributed by atoms with Gasteiger partial charge in [0.25, 0.3) is 5.91 Å². The first-order valence-electron chi connectivity index (χ1n) is 9.31. The highest BCUT2D eigenvalue weighted by Crippen LogP contribution is 2.31. The molecule has 2 amide bonds.